The molecule has 1 heterocycles. The van der Waals surface area contributed by atoms with Gasteiger partial charge in [-0.05, 0) is 32.9 Å². The third-order valence-corrected chi connectivity index (χ3v) is 2.19. The number of aliphatic hydroxyl groups is 1. The minimum atomic E-state index is -0.540. The van der Waals surface area contributed by atoms with Gasteiger partial charge in [-0.15, -0.1) is 0 Å². The molecule has 0 radical (unpaired) electrons. The number of amides is 1. The number of carbonyl (C=O) groups is 1. The molecular formula is C9H18N2O2. The second-order valence-electron chi connectivity index (χ2n) is 3.64. The molecule has 76 valence electrons. The zero-order valence-corrected chi connectivity index (χ0v) is 8.05. The van der Waals surface area contributed by atoms with Crippen molar-refractivity contribution in [2.75, 3.05) is 13.1 Å². The molecule has 1 aliphatic heterocycles. The predicted octanol–water partition coefficient (Wildman–Crippen LogP) is -0.374. The molecule has 1 atom stereocenters. The van der Waals surface area contributed by atoms with Crippen molar-refractivity contribution in [3.63, 3.8) is 0 Å². The fraction of sp³-hybridized carbons (Fsp3) is 0.889. The Morgan fingerprint density at radius 3 is 2.77 bits per heavy atom. The summed E-state index contributed by atoms with van der Waals surface area (Å²) in [5, 5.41) is 15.1. The maximum atomic E-state index is 11.2. The normalized spacial score (nSPS) is 21.1. The van der Waals surface area contributed by atoms with E-state index in [-0.39, 0.29) is 12.3 Å². The van der Waals surface area contributed by atoms with Gasteiger partial charge in [-0.3, -0.25) is 4.79 Å². The molecule has 1 aliphatic rings. The molecule has 0 spiro atoms. The van der Waals surface area contributed by atoms with Gasteiger partial charge in [0.05, 0.1) is 12.5 Å². The first-order valence-corrected chi connectivity index (χ1v) is 4.86. The molecule has 0 aromatic heterocycles. The lowest BCUT2D eigenvalue weighted by atomic mass is 10.1. The number of piperidine rings is 1. The van der Waals surface area contributed by atoms with Crippen LogP contribution < -0.4 is 10.6 Å². The van der Waals surface area contributed by atoms with E-state index in [1.807, 2.05) is 0 Å². The van der Waals surface area contributed by atoms with Gasteiger partial charge in [0.15, 0.2) is 0 Å². The van der Waals surface area contributed by atoms with Crippen molar-refractivity contribution >= 4 is 5.91 Å². The summed E-state index contributed by atoms with van der Waals surface area (Å²) in [6.07, 6.45) is 1.66. The Hall–Kier alpha value is -0.610. The molecule has 1 fully saturated rings. The van der Waals surface area contributed by atoms with Crippen LogP contribution in [0.2, 0.25) is 0 Å². The minimum Gasteiger partial charge on any atom is -0.393 e. The first-order valence-electron chi connectivity index (χ1n) is 4.86. The molecule has 0 bridgehead atoms. The van der Waals surface area contributed by atoms with Gasteiger partial charge in [-0.2, -0.15) is 0 Å². The largest absolute Gasteiger partial charge is 0.393 e. The van der Waals surface area contributed by atoms with Gasteiger partial charge in [0, 0.05) is 6.04 Å². The molecule has 1 amide bonds. The standard InChI is InChI=1S/C9H18N2O2/c1-7(12)6-9(13)11-8-2-4-10-5-3-8/h7-8,10,12H,2-6H2,1H3,(H,11,13). The van der Waals surface area contributed by atoms with Gasteiger partial charge < -0.3 is 15.7 Å². The van der Waals surface area contributed by atoms with Crippen molar-refractivity contribution in [1.82, 2.24) is 10.6 Å². The van der Waals surface area contributed by atoms with Crippen LogP contribution >= 0.6 is 0 Å². The predicted molar refractivity (Wildman–Crippen MR) is 50.3 cm³/mol. The molecule has 0 aromatic rings. The molecule has 0 aromatic carbocycles. The van der Waals surface area contributed by atoms with Gasteiger partial charge in [-0.1, -0.05) is 0 Å². The smallest absolute Gasteiger partial charge is 0.222 e. The average Bonchev–Trinajstić information content (AvgIpc) is 2.04. The molecule has 3 N–H and O–H groups in total. The highest BCUT2D eigenvalue weighted by atomic mass is 16.3. The minimum absolute atomic E-state index is 0.0399. The van der Waals surface area contributed by atoms with E-state index in [4.69, 9.17) is 5.11 Å². The zero-order valence-electron chi connectivity index (χ0n) is 8.05. The lowest BCUT2D eigenvalue weighted by Gasteiger charge is -2.23. The third-order valence-electron chi connectivity index (χ3n) is 2.19. The van der Waals surface area contributed by atoms with E-state index in [9.17, 15) is 4.79 Å². The van der Waals surface area contributed by atoms with Crippen LogP contribution in [0.25, 0.3) is 0 Å². The van der Waals surface area contributed by atoms with E-state index in [0.717, 1.165) is 25.9 Å². The SMILES string of the molecule is CC(O)CC(=O)NC1CCNCC1. The van der Waals surface area contributed by atoms with Crippen LogP contribution in [-0.2, 0) is 4.79 Å². The second-order valence-corrected chi connectivity index (χ2v) is 3.64. The van der Waals surface area contributed by atoms with Crippen molar-refractivity contribution < 1.29 is 9.90 Å². The van der Waals surface area contributed by atoms with E-state index in [1.54, 1.807) is 6.92 Å². The van der Waals surface area contributed by atoms with E-state index >= 15 is 0 Å². The lowest BCUT2D eigenvalue weighted by molar-refractivity contribution is -0.123. The van der Waals surface area contributed by atoms with Gasteiger partial charge in [0.1, 0.15) is 0 Å². The first-order chi connectivity index (χ1) is 6.18. The van der Waals surface area contributed by atoms with E-state index in [0.29, 0.717) is 6.04 Å². The van der Waals surface area contributed by atoms with Gasteiger partial charge in [0.25, 0.3) is 0 Å². The molecule has 4 heteroatoms. The zero-order chi connectivity index (χ0) is 9.68. The third kappa shape index (κ3) is 4.24. The number of rotatable bonds is 3. The molecule has 4 nitrogen and oxygen atoms in total. The fourth-order valence-electron chi connectivity index (χ4n) is 1.52. The highest BCUT2D eigenvalue weighted by Crippen LogP contribution is 2.02. The Morgan fingerprint density at radius 1 is 1.62 bits per heavy atom. The average molecular weight is 186 g/mol. The van der Waals surface area contributed by atoms with Crippen molar-refractivity contribution in [2.24, 2.45) is 0 Å². The molecule has 0 saturated carbocycles. The summed E-state index contributed by atoms with van der Waals surface area (Å²) in [5.41, 5.74) is 0. The summed E-state index contributed by atoms with van der Waals surface area (Å²) >= 11 is 0. The molecule has 0 aliphatic carbocycles. The summed E-state index contributed by atoms with van der Waals surface area (Å²) in [6.45, 7) is 3.57. The van der Waals surface area contributed by atoms with Crippen LogP contribution in [0.5, 0.6) is 0 Å². The van der Waals surface area contributed by atoms with E-state index in [1.165, 1.54) is 0 Å². The second kappa shape index (κ2) is 5.19. The number of hydrogen-bond acceptors (Lipinski definition) is 3. The van der Waals surface area contributed by atoms with Gasteiger partial charge in [0.2, 0.25) is 5.91 Å². The summed E-state index contributed by atoms with van der Waals surface area (Å²) in [5.74, 6) is -0.0399. The van der Waals surface area contributed by atoms with Crippen molar-refractivity contribution in [2.45, 2.75) is 38.3 Å². The highest BCUT2D eigenvalue weighted by Gasteiger charge is 2.15. The lowest BCUT2D eigenvalue weighted by Crippen LogP contribution is -2.43. The molecule has 1 rings (SSSR count). The Bertz CT molecular complexity index is 165. The fourth-order valence-corrected chi connectivity index (χ4v) is 1.52. The maximum absolute atomic E-state index is 11.2. The quantitative estimate of drug-likeness (QED) is 0.563. The van der Waals surface area contributed by atoms with Crippen LogP contribution in [0.15, 0.2) is 0 Å². The highest BCUT2D eigenvalue weighted by molar-refractivity contribution is 5.76. The first kappa shape index (κ1) is 10.5. The molecule has 13 heavy (non-hydrogen) atoms. The van der Waals surface area contributed by atoms with E-state index in [2.05, 4.69) is 10.6 Å². The summed E-state index contributed by atoms with van der Waals surface area (Å²) in [4.78, 5) is 11.2. The molecule has 1 saturated heterocycles. The summed E-state index contributed by atoms with van der Waals surface area (Å²) < 4.78 is 0. The Balaban J connectivity index is 2.18. The Morgan fingerprint density at radius 2 is 2.23 bits per heavy atom. The topological polar surface area (TPSA) is 61.4 Å². The van der Waals surface area contributed by atoms with Crippen LogP contribution in [0.3, 0.4) is 0 Å². The van der Waals surface area contributed by atoms with Gasteiger partial charge >= 0.3 is 0 Å². The van der Waals surface area contributed by atoms with Crippen LogP contribution in [0.4, 0.5) is 0 Å². The van der Waals surface area contributed by atoms with Gasteiger partial charge in [-0.25, -0.2) is 0 Å². The number of nitrogens with one attached hydrogen (secondary N) is 2. The monoisotopic (exact) mass is 186 g/mol. The Kier molecular flexibility index (Phi) is 4.18. The van der Waals surface area contributed by atoms with E-state index < -0.39 is 6.10 Å². The Labute approximate surface area is 78.7 Å². The number of aliphatic hydroxyl groups excluding tert-OH is 1. The maximum Gasteiger partial charge on any atom is 0.222 e. The van der Waals surface area contributed by atoms with Crippen LogP contribution in [0, 0.1) is 0 Å². The van der Waals surface area contributed by atoms with Crippen molar-refractivity contribution in [3.8, 4) is 0 Å². The molecule has 1 unspecified atom stereocenters. The van der Waals surface area contributed by atoms with Crippen LogP contribution in [0.1, 0.15) is 26.2 Å². The number of hydrogen-bond donors (Lipinski definition) is 3. The molecular weight excluding hydrogens is 168 g/mol. The summed E-state index contributed by atoms with van der Waals surface area (Å²) in [6, 6.07) is 0.299. The van der Waals surface area contributed by atoms with Crippen molar-refractivity contribution in [1.29, 1.82) is 0 Å². The van der Waals surface area contributed by atoms with Crippen molar-refractivity contribution in [3.05, 3.63) is 0 Å². The summed E-state index contributed by atoms with van der Waals surface area (Å²) in [7, 11) is 0. The van der Waals surface area contributed by atoms with Crippen LogP contribution in [-0.4, -0.2) is 36.2 Å². The number of carbonyl (C=O) groups excluding carboxylic acids is 1.